The number of nitrogens with one attached hydrogen (secondary N) is 1. The second kappa shape index (κ2) is 12.5. The highest BCUT2D eigenvalue weighted by Gasteiger charge is 2.17. The second-order valence-corrected chi connectivity index (χ2v) is 10.5. The van der Waals surface area contributed by atoms with Gasteiger partial charge in [0.1, 0.15) is 11.6 Å². The zero-order chi connectivity index (χ0) is 28.1. The van der Waals surface area contributed by atoms with Crippen molar-refractivity contribution >= 4 is 60.6 Å². The highest BCUT2D eigenvalue weighted by atomic mass is 79.9. The molecule has 1 heterocycles. The first kappa shape index (κ1) is 28.4. The molecule has 0 aliphatic rings. The number of aromatic nitrogens is 2. The summed E-state index contributed by atoms with van der Waals surface area (Å²) < 4.78 is 27.5. The molecule has 0 saturated carbocycles. The van der Waals surface area contributed by atoms with Crippen molar-refractivity contribution in [1.29, 1.82) is 0 Å². The Balaban J connectivity index is 1.71. The van der Waals surface area contributed by atoms with Crippen LogP contribution in [-0.2, 0) is 4.79 Å². The second-order valence-electron chi connectivity index (χ2n) is 8.68. The fourth-order valence-corrected chi connectivity index (χ4v) is 4.61. The standard InChI is InChI=1S/C28H25Br2FN4O4/c1-4-16(2)27-34-23-9-8-18(29)11-22(23)28(37)35(27)32-14-17-10-19(30)12-24(38-3)26(17)39-15-25(36)33-21-7-5-6-20(31)13-21/h5-14,16H,4,15H2,1-3H3,(H,33,36)/t16-/m0/s1. The Hall–Kier alpha value is -3.57. The number of fused-ring (bicyclic) bond motifs is 1. The number of methoxy groups -OCH3 is 1. The molecule has 3 aromatic carbocycles. The SMILES string of the molecule is CC[C@H](C)c1nc2ccc(Br)cc2c(=O)n1N=Cc1cc(Br)cc(OC)c1OCC(=O)Nc1cccc(F)c1. The third-order valence-electron chi connectivity index (χ3n) is 5.92. The lowest BCUT2D eigenvalue weighted by Gasteiger charge is -2.15. The Morgan fingerprint density at radius 1 is 1.18 bits per heavy atom. The summed E-state index contributed by atoms with van der Waals surface area (Å²) in [5.74, 6) is 0.111. The van der Waals surface area contributed by atoms with Crippen molar-refractivity contribution in [2.24, 2.45) is 5.10 Å². The number of nitrogens with zero attached hydrogens (tertiary/aromatic N) is 3. The summed E-state index contributed by atoms with van der Waals surface area (Å²) in [6.07, 6.45) is 2.22. The summed E-state index contributed by atoms with van der Waals surface area (Å²) >= 11 is 6.86. The monoisotopic (exact) mass is 658 g/mol. The van der Waals surface area contributed by atoms with Crippen LogP contribution in [0.2, 0.25) is 0 Å². The van der Waals surface area contributed by atoms with Gasteiger partial charge in [-0.3, -0.25) is 9.59 Å². The first-order valence-electron chi connectivity index (χ1n) is 12.0. The minimum atomic E-state index is -0.493. The van der Waals surface area contributed by atoms with Crippen LogP contribution in [0.3, 0.4) is 0 Å². The molecule has 4 rings (SSSR count). The molecule has 39 heavy (non-hydrogen) atoms. The molecule has 0 bridgehead atoms. The van der Waals surface area contributed by atoms with E-state index in [-0.39, 0.29) is 23.8 Å². The van der Waals surface area contributed by atoms with Crippen molar-refractivity contribution in [2.45, 2.75) is 26.2 Å². The van der Waals surface area contributed by atoms with Gasteiger partial charge in [-0.1, -0.05) is 51.8 Å². The molecule has 0 unspecified atom stereocenters. The molecule has 0 aliphatic carbocycles. The van der Waals surface area contributed by atoms with Gasteiger partial charge in [-0.15, -0.1) is 0 Å². The van der Waals surface area contributed by atoms with E-state index in [4.69, 9.17) is 14.5 Å². The van der Waals surface area contributed by atoms with Gasteiger partial charge in [-0.05, 0) is 55.0 Å². The lowest BCUT2D eigenvalue weighted by Crippen LogP contribution is -2.24. The molecule has 0 spiro atoms. The van der Waals surface area contributed by atoms with Crippen LogP contribution in [0.1, 0.15) is 37.6 Å². The maximum absolute atomic E-state index is 13.5. The van der Waals surface area contributed by atoms with Crippen LogP contribution in [0.25, 0.3) is 10.9 Å². The number of carbonyl (C=O) groups is 1. The first-order chi connectivity index (χ1) is 18.7. The van der Waals surface area contributed by atoms with E-state index in [1.807, 2.05) is 19.9 Å². The van der Waals surface area contributed by atoms with Gasteiger partial charge in [0, 0.05) is 26.1 Å². The topological polar surface area (TPSA) is 94.8 Å². The summed E-state index contributed by atoms with van der Waals surface area (Å²) in [5, 5.41) is 7.52. The van der Waals surface area contributed by atoms with Crippen molar-refractivity contribution in [3.63, 3.8) is 0 Å². The van der Waals surface area contributed by atoms with Crippen LogP contribution in [0.15, 0.2) is 73.4 Å². The van der Waals surface area contributed by atoms with E-state index in [1.54, 1.807) is 30.3 Å². The van der Waals surface area contributed by atoms with Crippen molar-refractivity contribution in [3.8, 4) is 11.5 Å². The van der Waals surface area contributed by atoms with Crippen LogP contribution < -0.4 is 20.3 Å². The Morgan fingerprint density at radius 2 is 1.97 bits per heavy atom. The molecule has 0 aliphatic heterocycles. The summed E-state index contributed by atoms with van der Waals surface area (Å²) in [5.41, 5.74) is 1.03. The zero-order valence-corrected chi connectivity index (χ0v) is 24.5. The molecule has 0 saturated heterocycles. The van der Waals surface area contributed by atoms with Crippen molar-refractivity contribution in [1.82, 2.24) is 9.66 Å². The third kappa shape index (κ3) is 6.72. The van der Waals surface area contributed by atoms with Crippen LogP contribution in [0, 0.1) is 5.82 Å². The van der Waals surface area contributed by atoms with E-state index < -0.39 is 11.7 Å². The molecule has 4 aromatic rings. The van der Waals surface area contributed by atoms with Gasteiger partial charge in [0.15, 0.2) is 18.1 Å². The summed E-state index contributed by atoms with van der Waals surface area (Å²) in [7, 11) is 1.47. The van der Waals surface area contributed by atoms with Gasteiger partial charge in [-0.25, -0.2) is 9.37 Å². The molecule has 0 fully saturated rings. The molecular formula is C28H25Br2FN4O4. The van der Waals surface area contributed by atoms with Gasteiger partial charge in [0.05, 0.1) is 24.2 Å². The van der Waals surface area contributed by atoms with E-state index in [0.29, 0.717) is 38.2 Å². The number of amides is 1. The van der Waals surface area contributed by atoms with Crippen molar-refractivity contribution < 1.29 is 18.7 Å². The van der Waals surface area contributed by atoms with E-state index >= 15 is 0 Å². The minimum Gasteiger partial charge on any atom is -0.493 e. The van der Waals surface area contributed by atoms with Gasteiger partial charge >= 0.3 is 0 Å². The number of benzene rings is 3. The van der Waals surface area contributed by atoms with Gasteiger partial charge in [0.2, 0.25) is 0 Å². The number of rotatable bonds is 9. The third-order valence-corrected chi connectivity index (χ3v) is 6.87. The number of hydrogen-bond donors (Lipinski definition) is 1. The fraction of sp³-hybridized carbons (Fsp3) is 0.214. The Kier molecular flexibility index (Phi) is 9.13. The van der Waals surface area contributed by atoms with Crippen LogP contribution in [0.5, 0.6) is 11.5 Å². The number of hydrogen-bond acceptors (Lipinski definition) is 6. The van der Waals surface area contributed by atoms with Crippen molar-refractivity contribution in [3.05, 3.63) is 91.1 Å². The summed E-state index contributed by atoms with van der Waals surface area (Å²) in [6, 6.07) is 14.3. The zero-order valence-electron chi connectivity index (χ0n) is 21.4. The number of anilines is 1. The Morgan fingerprint density at radius 3 is 2.69 bits per heavy atom. The molecule has 1 N–H and O–H groups in total. The average Bonchev–Trinajstić information content (AvgIpc) is 2.91. The molecule has 11 heteroatoms. The van der Waals surface area contributed by atoms with Crippen LogP contribution in [-0.4, -0.2) is 35.5 Å². The predicted molar refractivity (Wildman–Crippen MR) is 157 cm³/mol. The normalized spacial score (nSPS) is 12.1. The maximum atomic E-state index is 13.5. The molecule has 0 radical (unpaired) electrons. The highest BCUT2D eigenvalue weighted by molar-refractivity contribution is 9.10. The molecule has 8 nitrogen and oxygen atoms in total. The molecule has 1 aromatic heterocycles. The number of ether oxygens (including phenoxy) is 2. The first-order valence-corrected chi connectivity index (χ1v) is 13.6. The molecule has 202 valence electrons. The summed E-state index contributed by atoms with van der Waals surface area (Å²) in [4.78, 5) is 30.7. The van der Waals surface area contributed by atoms with E-state index in [9.17, 15) is 14.0 Å². The summed E-state index contributed by atoms with van der Waals surface area (Å²) in [6.45, 7) is 3.61. The molecule has 1 atom stereocenters. The van der Waals surface area contributed by atoms with Gasteiger partial charge in [0.25, 0.3) is 11.5 Å². The predicted octanol–water partition coefficient (Wildman–Crippen LogP) is 6.48. The Bertz CT molecular complexity index is 1620. The van der Waals surface area contributed by atoms with Gasteiger partial charge in [-0.2, -0.15) is 9.78 Å². The smallest absolute Gasteiger partial charge is 0.282 e. The lowest BCUT2D eigenvalue weighted by molar-refractivity contribution is -0.118. The van der Waals surface area contributed by atoms with E-state index in [2.05, 4.69) is 42.3 Å². The van der Waals surface area contributed by atoms with E-state index in [0.717, 1.165) is 10.9 Å². The average molecular weight is 660 g/mol. The largest absolute Gasteiger partial charge is 0.493 e. The van der Waals surface area contributed by atoms with Crippen LogP contribution >= 0.6 is 31.9 Å². The lowest BCUT2D eigenvalue weighted by atomic mass is 10.1. The Labute approximate surface area is 241 Å². The number of carbonyl (C=O) groups excluding carboxylic acids is 1. The molecular weight excluding hydrogens is 635 g/mol. The quantitative estimate of drug-likeness (QED) is 0.208. The van der Waals surface area contributed by atoms with Crippen LogP contribution in [0.4, 0.5) is 10.1 Å². The maximum Gasteiger partial charge on any atom is 0.282 e. The fourth-order valence-electron chi connectivity index (χ4n) is 3.79. The van der Waals surface area contributed by atoms with Crippen molar-refractivity contribution in [2.75, 3.05) is 19.0 Å². The molecule has 1 amide bonds. The van der Waals surface area contributed by atoms with Gasteiger partial charge < -0.3 is 14.8 Å². The highest BCUT2D eigenvalue weighted by Crippen LogP contribution is 2.34. The minimum absolute atomic E-state index is 0.0396. The van der Waals surface area contributed by atoms with E-state index in [1.165, 1.54) is 36.2 Å². The number of halogens is 3.